The van der Waals surface area contributed by atoms with Gasteiger partial charge in [0.15, 0.2) is 11.6 Å². The topological polar surface area (TPSA) is 90.5 Å². The van der Waals surface area contributed by atoms with E-state index >= 15 is 0 Å². The number of Topliss-reactive ketones (excluding diaryl/α,β-unsaturated/α-hetero) is 1. The Labute approximate surface area is 262 Å². The van der Waals surface area contributed by atoms with Crippen molar-refractivity contribution in [2.75, 3.05) is 61.3 Å². The van der Waals surface area contributed by atoms with Crippen molar-refractivity contribution in [3.05, 3.63) is 66.8 Å². The highest BCUT2D eigenvalue weighted by molar-refractivity contribution is 6.01. The van der Waals surface area contributed by atoms with Crippen LogP contribution in [-0.4, -0.2) is 72.2 Å². The Balaban J connectivity index is 1.12. The van der Waals surface area contributed by atoms with Crippen LogP contribution in [0.5, 0.6) is 0 Å². The third kappa shape index (κ3) is 5.46. The monoisotopic (exact) mass is 596 g/mol. The second-order valence-electron chi connectivity index (χ2n) is 13.9. The van der Waals surface area contributed by atoms with E-state index in [0.717, 1.165) is 63.5 Å². The lowest BCUT2D eigenvalue weighted by Crippen LogP contribution is -2.51. The first-order valence-corrected chi connectivity index (χ1v) is 16.4. The molecular weight excluding hydrogens is 548 g/mol. The molecule has 6 atom stereocenters. The highest BCUT2D eigenvalue weighted by Gasteiger charge is 2.59. The number of fused-ring (bicyclic) bond motifs is 5. The molecule has 1 aromatic heterocycles. The minimum Gasteiger partial charge on any atom is -0.366 e. The van der Waals surface area contributed by atoms with Crippen molar-refractivity contribution in [1.29, 1.82) is 0 Å². The van der Waals surface area contributed by atoms with Crippen LogP contribution < -0.4 is 15.5 Å². The van der Waals surface area contributed by atoms with Crippen molar-refractivity contribution < 1.29 is 9.59 Å². The van der Waals surface area contributed by atoms with Crippen LogP contribution in [0.4, 0.5) is 17.6 Å². The molecule has 2 heterocycles. The van der Waals surface area contributed by atoms with Gasteiger partial charge < -0.3 is 15.5 Å². The van der Waals surface area contributed by atoms with Crippen LogP contribution in [0.2, 0.25) is 0 Å². The molecule has 1 aliphatic heterocycles. The van der Waals surface area contributed by atoms with E-state index in [1.165, 1.54) is 11.1 Å². The lowest BCUT2D eigenvalue weighted by molar-refractivity contribution is -0.129. The van der Waals surface area contributed by atoms with Crippen molar-refractivity contribution in [3.63, 3.8) is 0 Å². The summed E-state index contributed by atoms with van der Waals surface area (Å²) in [6.45, 7) is 19.6. The summed E-state index contributed by atoms with van der Waals surface area (Å²) in [5, 5.41) is 6.49. The molecule has 44 heavy (non-hydrogen) atoms. The predicted octanol–water partition coefficient (Wildman–Crippen LogP) is 5.45. The number of carbonyl (C=O) groups excluding carboxylic acids is 2. The average Bonchev–Trinajstić information content (AvgIpc) is 3.29. The highest BCUT2D eigenvalue weighted by atomic mass is 16.1. The van der Waals surface area contributed by atoms with Gasteiger partial charge in [-0.3, -0.25) is 14.5 Å². The zero-order valence-corrected chi connectivity index (χ0v) is 26.6. The molecule has 1 aromatic rings. The molecule has 4 aliphatic carbocycles. The second-order valence-corrected chi connectivity index (χ2v) is 13.9. The summed E-state index contributed by atoms with van der Waals surface area (Å²) in [6, 6.07) is 1.99. The van der Waals surface area contributed by atoms with E-state index in [2.05, 4.69) is 71.5 Å². The number of hydrogen-bond acceptors (Lipinski definition) is 8. The summed E-state index contributed by atoms with van der Waals surface area (Å²) in [4.78, 5) is 40.2. The molecule has 2 saturated carbocycles. The van der Waals surface area contributed by atoms with Crippen molar-refractivity contribution >= 4 is 29.2 Å². The van der Waals surface area contributed by atoms with Crippen LogP contribution >= 0.6 is 0 Å². The molecule has 0 spiro atoms. The number of piperazine rings is 1. The molecule has 0 amide bonds. The van der Waals surface area contributed by atoms with Gasteiger partial charge in [-0.1, -0.05) is 49.3 Å². The van der Waals surface area contributed by atoms with Gasteiger partial charge in [0, 0.05) is 56.7 Å². The maximum Gasteiger partial charge on any atom is 0.226 e. The van der Waals surface area contributed by atoms with E-state index in [-0.39, 0.29) is 22.5 Å². The summed E-state index contributed by atoms with van der Waals surface area (Å²) >= 11 is 0. The molecular formula is C36H48N6O2. The van der Waals surface area contributed by atoms with E-state index in [4.69, 9.17) is 4.98 Å². The van der Waals surface area contributed by atoms with Gasteiger partial charge in [-0.15, -0.1) is 13.2 Å². The first kappa shape index (κ1) is 30.5. The number of allylic oxidation sites excluding steroid dienone is 6. The van der Waals surface area contributed by atoms with E-state index in [1.54, 1.807) is 12.2 Å². The Morgan fingerprint density at radius 2 is 1.86 bits per heavy atom. The lowest BCUT2D eigenvalue weighted by Gasteiger charge is -2.52. The van der Waals surface area contributed by atoms with Gasteiger partial charge >= 0.3 is 0 Å². The van der Waals surface area contributed by atoms with Crippen LogP contribution in [0.25, 0.3) is 0 Å². The van der Waals surface area contributed by atoms with Crippen LogP contribution in [0, 0.1) is 34.5 Å². The van der Waals surface area contributed by atoms with Crippen LogP contribution in [0.15, 0.2) is 66.8 Å². The van der Waals surface area contributed by atoms with Gasteiger partial charge in [0.05, 0.1) is 6.54 Å². The molecule has 5 aliphatic rings. The normalized spacial score (nSPS) is 33.0. The van der Waals surface area contributed by atoms with Crippen molar-refractivity contribution in [2.45, 2.75) is 46.5 Å². The van der Waals surface area contributed by atoms with Crippen molar-refractivity contribution in [1.82, 2.24) is 14.9 Å². The number of carbonyl (C=O) groups is 2. The van der Waals surface area contributed by atoms with Gasteiger partial charge in [-0.25, -0.2) is 0 Å². The molecule has 6 rings (SSSR count). The Morgan fingerprint density at radius 1 is 1.11 bits per heavy atom. The molecule has 0 bridgehead atoms. The zero-order chi connectivity index (χ0) is 31.1. The number of hydrogen-bond donors (Lipinski definition) is 2. The summed E-state index contributed by atoms with van der Waals surface area (Å²) in [5.41, 5.74) is 2.61. The average molecular weight is 597 g/mol. The molecule has 1 saturated heterocycles. The first-order valence-electron chi connectivity index (χ1n) is 16.4. The SMILES string of the molecule is C=CCNc1cc(N2CCN(CC(=O)[C@H]3C(C)C[C@H]4[C@@H]5CCC6=CC(=O)C=C[C@]6(C)C5=CC[C@]34C)CC2)nc(NCC=C)n1. The number of rotatable bonds is 10. The fraction of sp³-hybridized carbons (Fsp3) is 0.556. The molecule has 234 valence electrons. The molecule has 0 aromatic carbocycles. The highest BCUT2D eigenvalue weighted by Crippen LogP contribution is 2.65. The Kier molecular flexibility index (Phi) is 8.40. The fourth-order valence-corrected chi connectivity index (χ4v) is 9.14. The van der Waals surface area contributed by atoms with E-state index < -0.39 is 0 Å². The molecule has 0 radical (unpaired) electrons. The van der Waals surface area contributed by atoms with Gasteiger partial charge in [-0.2, -0.15) is 9.97 Å². The fourth-order valence-electron chi connectivity index (χ4n) is 9.14. The third-order valence-corrected chi connectivity index (χ3v) is 11.3. The van der Waals surface area contributed by atoms with E-state index in [0.29, 0.717) is 49.1 Å². The third-order valence-electron chi connectivity index (χ3n) is 11.3. The summed E-state index contributed by atoms with van der Waals surface area (Å²) < 4.78 is 0. The van der Waals surface area contributed by atoms with E-state index in [1.807, 2.05) is 18.2 Å². The standard InChI is InChI=1S/C36H48N6O2/c1-6-14-37-31-22-32(40-34(39-31)38-15-7-2)42-18-16-41(17-19-42)23-30(44)33-24(3)20-29-27-9-8-25-21-26(43)10-12-35(25,4)28(27)11-13-36(29,33)5/h6-7,10-12,21-22,24,27,29,33H,1-2,8-9,13-20,23H2,3-5H3,(H2,37,38,39,40)/t24?,27-,29+,33-,35+,36+/m1/s1. The predicted molar refractivity (Wildman–Crippen MR) is 178 cm³/mol. The minimum atomic E-state index is -0.141. The van der Waals surface area contributed by atoms with Gasteiger partial charge in [0.25, 0.3) is 0 Å². The largest absolute Gasteiger partial charge is 0.366 e. The molecule has 8 heteroatoms. The number of nitrogens with zero attached hydrogens (tertiary/aromatic N) is 4. The van der Waals surface area contributed by atoms with Gasteiger partial charge in [0.2, 0.25) is 5.95 Å². The molecule has 1 unspecified atom stereocenters. The lowest BCUT2D eigenvalue weighted by atomic mass is 9.52. The van der Waals surface area contributed by atoms with Crippen LogP contribution in [-0.2, 0) is 9.59 Å². The van der Waals surface area contributed by atoms with Crippen molar-refractivity contribution in [2.24, 2.45) is 34.5 Å². The summed E-state index contributed by atoms with van der Waals surface area (Å²) in [5.74, 6) is 4.19. The van der Waals surface area contributed by atoms with Crippen LogP contribution in [0.1, 0.15) is 46.5 Å². The number of anilines is 3. The van der Waals surface area contributed by atoms with Crippen LogP contribution in [0.3, 0.4) is 0 Å². The smallest absolute Gasteiger partial charge is 0.226 e. The second kappa shape index (κ2) is 12.1. The van der Waals surface area contributed by atoms with Gasteiger partial charge in [0.1, 0.15) is 11.6 Å². The summed E-state index contributed by atoms with van der Waals surface area (Å²) in [7, 11) is 0. The first-order chi connectivity index (χ1) is 21.2. The maximum atomic E-state index is 14.1. The minimum absolute atomic E-state index is 0.0110. The molecule has 2 N–H and O–H groups in total. The Morgan fingerprint density at radius 3 is 2.61 bits per heavy atom. The number of ketones is 2. The molecule has 3 fully saturated rings. The summed E-state index contributed by atoms with van der Waals surface area (Å²) in [6.07, 6.45) is 15.9. The van der Waals surface area contributed by atoms with Crippen molar-refractivity contribution in [3.8, 4) is 0 Å². The maximum absolute atomic E-state index is 14.1. The zero-order valence-electron chi connectivity index (χ0n) is 26.6. The van der Waals surface area contributed by atoms with E-state index in [9.17, 15) is 9.59 Å². The quantitative estimate of drug-likeness (QED) is 0.345. The number of aromatic nitrogens is 2. The number of nitrogens with one attached hydrogen (secondary N) is 2. The molecule has 8 nitrogen and oxygen atoms in total. The Hall–Kier alpha value is -3.52. The Bertz CT molecular complexity index is 1390. The van der Waals surface area contributed by atoms with Gasteiger partial charge in [-0.05, 0) is 67.9 Å².